The van der Waals surface area contributed by atoms with Gasteiger partial charge in [-0.2, -0.15) is 9.41 Å². The third-order valence-corrected chi connectivity index (χ3v) is 8.94. The lowest BCUT2D eigenvalue weighted by atomic mass is 10.1. The number of hydrogen-bond acceptors (Lipinski definition) is 9. The van der Waals surface area contributed by atoms with Gasteiger partial charge in [-0.3, -0.25) is 15.5 Å². The summed E-state index contributed by atoms with van der Waals surface area (Å²) in [7, 11) is -3.86. The van der Waals surface area contributed by atoms with E-state index >= 15 is 0 Å². The summed E-state index contributed by atoms with van der Waals surface area (Å²) in [5.74, 6) is 0. The molecular formula is C24H23N5O5S2. The van der Waals surface area contributed by atoms with Crippen LogP contribution in [0.5, 0.6) is 0 Å². The minimum atomic E-state index is -3.86. The minimum absolute atomic E-state index is 0.0980. The molecule has 0 aliphatic carbocycles. The molecule has 0 spiro atoms. The van der Waals surface area contributed by atoms with E-state index in [0.717, 1.165) is 32.8 Å². The highest BCUT2D eigenvalue weighted by Gasteiger charge is 2.29. The van der Waals surface area contributed by atoms with E-state index in [1.165, 1.54) is 16.4 Å². The summed E-state index contributed by atoms with van der Waals surface area (Å²) in [6.45, 7) is 2.79. The number of fused-ring (bicyclic) bond motifs is 2. The molecule has 1 saturated heterocycles. The van der Waals surface area contributed by atoms with E-state index in [-0.39, 0.29) is 29.4 Å². The number of para-hydroxylation sites is 1. The molecule has 0 atom stereocenters. The van der Waals surface area contributed by atoms with Crippen molar-refractivity contribution in [2.75, 3.05) is 37.0 Å². The van der Waals surface area contributed by atoms with Crippen LogP contribution in [-0.4, -0.2) is 49.7 Å². The normalized spacial score (nSPS) is 16.0. The largest absolute Gasteiger partial charge is 0.379 e. The third-order valence-electron chi connectivity index (χ3n) is 5.89. The summed E-state index contributed by atoms with van der Waals surface area (Å²) in [6.07, 6.45) is 0. The van der Waals surface area contributed by atoms with Gasteiger partial charge in [0.1, 0.15) is 5.69 Å². The molecule has 0 bridgehead atoms. The lowest BCUT2D eigenvalue weighted by Crippen LogP contribution is -2.40. The maximum absolute atomic E-state index is 12.9. The summed E-state index contributed by atoms with van der Waals surface area (Å²) in [4.78, 5) is 13.2. The number of morpholine rings is 1. The van der Waals surface area contributed by atoms with Crippen LogP contribution in [0.3, 0.4) is 0 Å². The predicted molar refractivity (Wildman–Crippen MR) is 139 cm³/mol. The van der Waals surface area contributed by atoms with Crippen LogP contribution in [0.15, 0.2) is 80.5 Å². The van der Waals surface area contributed by atoms with Gasteiger partial charge in [-0.1, -0.05) is 30.0 Å². The topological polar surface area (TPSA) is 126 Å². The first-order valence-corrected chi connectivity index (χ1v) is 13.4. The molecule has 2 N–H and O–H groups in total. The first-order chi connectivity index (χ1) is 17.3. The van der Waals surface area contributed by atoms with Gasteiger partial charge in [-0.25, -0.2) is 8.42 Å². The number of rotatable bonds is 6. The molecule has 0 saturated carbocycles. The Bertz CT molecular complexity index is 1470. The van der Waals surface area contributed by atoms with Crippen LogP contribution in [0.2, 0.25) is 0 Å². The Hall–Kier alpha value is -3.45. The minimum Gasteiger partial charge on any atom is -0.379 e. The van der Waals surface area contributed by atoms with E-state index in [1.807, 2.05) is 36.4 Å². The van der Waals surface area contributed by atoms with Crippen molar-refractivity contribution >= 4 is 50.2 Å². The monoisotopic (exact) mass is 525 g/mol. The highest BCUT2D eigenvalue weighted by molar-refractivity contribution is 7.99. The van der Waals surface area contributed by atoms with Gasteiger partial charge >= 0.3 is 0 Å². The highest BCUT2D eigenvalue weighted by atomic mass is 32.2. The lowest BCUT2D eigenvalue weighted by Gasteiger charge is -2.26. The number of sulfonamides is 1. The molecule has 2 aliphatic heterocycles. The fourth-order valence-electron chi connectivity index (χ4n) is 3.93. The number of nitro groups is 1. The van der Waals surface area contributed by atoms with Crippen molar-refractivity contribution in [3.05, 3.63) is 76.3 Å². The van der Waals surface area contributed by atoms with Gasteiger partial charge in [0.05, 0.1) is 40.1 Å². The van der Waals surface area contributed by atoms with Crippen LogP contribution < -0.4 is 10.7 Å². The Balaban J connectivity index is 1.37. The summed E-state index contributed by atoms with van der Waals surface area (Å²) < 4.78 is 32.3. The van der Waals surface area contributed by atoms with Crippen LogP contribution in [-0.2, 0) is 14.8 Å². The molecule has 5 rings (SSSR count). The number of nitrogens with one attached hydrogen (secondary N) is 2. The molecule has 2 heterocycles. The highest BCUT2D eigenvalue weighted by Crippen LogP contribution is 2.44. The number of hydrogen-bond donors (Lipinski definition) is 2. The summed E-state index contributed by atoms with van der Waals surface area (Å²) in [5.41, 5.74) is 5.90. The van der Waals surface area contributed by atoms with Crippen molar-refractivity contribution in [2.24, 2.45) is 5.10 Å². The smallest absolute Gasteiger partial charge is 0.295 e. The molecule has 3 aromatic carbocycles. The average molecular weight is 526 g/mol. The summed E-state index contributed by atoms with van der Waals surface area (Å²) >= 11 is 1.68. The van der Waals surface area contributed by atoms with Crippen molar-refractivity contribution in [2.45, 2.75) is 21.6 Å². The number of anilines is 3. The molecule has 0 aromatic heterocycles. The van der Waals surface area contributed by atoms with Gasteiger partial charge in [0.15, 0.2) is 0 Å². The van der Waals surface area contributed by atoms with Gasteiger partial charge < -0.3 is 10.1 Å². The Kier molecular flexibility index (Phi) is 6.67. The Morgan fingerprint density at radius 2 is 1.83 bits per heavy atom. The van der Waals surface area contributed by atoms with Gasteiger partial charge in [0.25, 0.3) is 5.69 Å². The molecule has 0 amide bonds. The van der Waals surface area contributed by atoms with Gasteiger partial charge in [-0.05, 0) is 48.9 Å². The second-order valence-electron chi connectivity index (χ2n) is 8.20. The predicted octanol–water partition coefficient (Wildman–Crippen LogP) is 4.66. The zero-order chi connectivity index (χ0) is 25.3. The lowest BCUT2D eigenvalue weighted by molar-refractivity contribution is -0.384. The van der Waals surface area contributed by atoms with E-state index in [1.54, 1.807) is 18.7 Å². The molecule has 186 valence electrons. The number of benzene rings is 3. The molecule has 12 heteroatoms. The molecule has 10 nitrogen and oxygen atoms in total. The summed E-state index contributed by atoms with van der Waals surface area (Å²) in [5, 5.41) is 19.5. The first-order valence-electron chi connectivity index (χ1n) is 11.2. The number of nitrogens with zero attached hydrogens (tertiary/aromatic N) is 3. The molecule has 0 unspecified atom stereocenters. The maximum Gasteiger partial charge on any atom is 0.295 e. The Labute approximate surface area is 212 Å². The SMILES string of the molecule is C/C(=N\Nc1ccc(S(=O)(=O)N2CCOCC2)cc1[N+](=O)[O-])c1ccc2c(c1)Nc1ccccc1S2. The maximum atomic E-state index is 12.9. The van der Waals surface area contributed by atoms with E-state index in [4.69, 9.17) is 4.74 Å². The van der Waals surface area contributed by atoms with E-state index < -0.39 is 14.9 Å². The zero-order valence-corrected chi connectivity index (χ0v) is 20.9. The van der Waals surface area contributed by atoms with E-state index in [2.05, 4.69) is 21.9 Å². The molecule has 3 aromatic rings. The zero-order valence-electron chi connectivity index (χ0n) is 19.3. The van der Waals surface area contributed by atoms with E-state index in [9.17, 15) is 18.5 Å². The van der Waals surface area contributed by atoms with Gasteiger partial charge in [0.2, 0.25) is 10.0 Å². The second kappa shape index (κ2) is 9.90. The van der Waals surface area contributed by atoms with Crippen molar-refractivity contribution in [1.82, 2.24) is 4.31 Å². The van der Waals surface area contributed by atoms with Crippen molar-refractivity contribution in [3.8, 4) is 0 Å². The average Bonchev–Trinajstić information content (AvgIpc) is 2.90. The molecule has 2 aliphatic rings. The second-order valence-corrected chi connectivity index (χ2v) is 11.2. The van der Waals surface area contributed by atoms with Crippen LogP contribution in [0.1, 0.15) is 12.5 Å². The third kappa shape index (κ3) is 4.80. The molecule has 1 fully saturated rings. The van der Waals surface area contributed by atoms with Crippen LogP contribution >= 0.6 is 11.8 Å². The van der Waals surface area contributed by atoms with Crippen molar-refractivity contribution in [3.63, 3.8) is 0 Å². The van der Waals surface area contributed by atoms with Crippen molar-refractivity contribution < 1.29 is 18.1 Å². The van der Waals surface area contributed by atoms with Crippen molar-refractivity contribution in [1.29, 1.82) is 0 Å². The standard InChI is InChI=1S/C24H23N5O5S2/c1-16(17-6-9-24-21(14-17)25-20-4-2-3-5-23(20)35-24)26-27-19-8-7-18(15-22(19)29(30)31)36(32,33)28-10-12-34-13-11-28/h2-9,14-15,25,27H,10-13H2,1H3/b26-16+. The molecule has 36 heavy (non-hydrogen) atoms. The first kappa shape index (κ1) is 24.3. The fraction of sp³-hybridized carbons (Fsp3) is 0.208. The van der Waals surface area contributed by atoms with Gasteiger partial charge in [-0.15, -0.1) is 0 Å². The van der Waals surface area contributed by atoms with Gasteiger partial charge in [0, 0.05) is 28.9 Å². The quantitative estimate of drug-likeness (QED) is 0.211. The van der Waals surface area contributed by atoms with Crippen LogP contribution in [0.4, 0.5) is 22.7 Å². The van der Waals surface area contributed by atoms with E-state index in [0.29, 0.717) is 18.9 Å². The number of nitro benzene ring substituents is 1. The Morgan fingerprint density at radius 3 is 2.61 bits per heavy atom. The number of ether oxygens (including phenoxy) is 1. The molecule has 0 radical (unpaired) electrons. The fourth-order valence-corrected chi connectivity index (χ4v) is 6.32. The molecular weight excluding hydrogens is 502 g/mol. The van der Waals surface area contributed by atoms with Crippen LogP contribution in [0.25, 0.3) is 0 Å². The number of hydrazone groups is 1. The van der Waals surface area contributed by atoms with Crippen LogP contribution in [0, 0.1) is 10.1 Å². The summed E-state index contributed by atoms with van der Waals surface area (Å²) in [6, 6.07) is 17.8. The Morgan fingerprint density at radius 1 is 1.08 bits per heavy atom.